The monoisotopic (exact) mass is 274 g/mol. The summed E-state index contributed by atoms with van der Waals surface area (Å²) in [4.78, 5) is 25.7. The molecule has 20 heavy (non-hydrogen) atoms. The molecule has 1 aliphatic heterocycles. The van der Waals surface area contributed by atoms with E-state index in [9.17, 15) is 9.59 Å². The largest absolute Gasteiger partial charge is 0.347 e. The molecule has 0 spiro atoms. The van der Waals surface area contributed by atoms with Crippen molar-refractivity contribution >= 4 is 11.8 Å². The van der Waals surface area contributed by atoms with Crippen LogP contribution >= 0.6 is 0 Å². The van der Waals surface area contributed by atoms with Crippen LogP contribution in [0, 0.1) is 5.92 Å². The molecule has 1 fully saturated rings. The fraction of sp³-hybridized carbons (Fsp3) is 0.500. The van der Waals surface area contributed by atoms with Gasteiger partial charge in [-0.05, 0) is 24.3 Å². The molecule has 0 bridgehead atoms. The lowest BCUT2D eigenvalue weighted by atomic mass is 10.0. The summed E-state index contributed by atoms with van der Waals surface area (Å²) in [7, 11) is 0. The molecule has 0 saturated carbocycles. The second-order valence-electron chi connectivity index (χ2n) is 5.53. The van der Waals surface area contributed by atoms with Crippen LogP contribution in [0.4, 0.5) is 0 Å². The molecule has 1 aromatic rings. The van der Waals surface area contributed by atoms with Crippen LogP contribution in [0.25, 0.3) is 0 Å². The van der Waals surface area contributed by atoms with Crippen LogP contribution in [0.5, 0.6) is 0 Å². The Hall–Kier alpha value is -1.84. The molecule has 0 unspecified atom stereocenters. The van der Waals surface area contributed by atoms with Gasteiger partial charge < -0.3 is 10.2 Å². The second kappa shape index (κ2) is 7.08. The Morgan fingerprint density at radius 1 is 1.30 bits per heavy atom. The van der Waals surface area contributed by atoms with E-state index in [2.05, 4.69) is 12.2 Å². The Kier molecular flexibility index (Phi) is 5.16. The first-order valence-electron chi connectivity index (χ1n) is 7.23. The quantitative estimate of drug-likeness (QED) is 0.906. The molecule has 2 rings (SSSR count). The third kappa shape index (κ3) is 4.37. The van der Waals surface area contributed by atoms with E-state index in [-0.39, 0.29) is 18.4 Å². The highest BCUT2D eigenvalue weighted by Gasteiger charge is 2.20. The highest BCUT2D eigenvalue weighted by atomic mass is 16.2. The van der Waals surface area contributed by atoms with Gasteiger partial charge in [-0.15, -0.1) is 0 Å². The van der Waals surface area contributed by atoms with Crippen LogP contribution in [-0.2, 0) is 16.0 Å². The number of rotatable bonds is 4. The number of carbonyl (C=O) groups is 2. The molecule has 1 heterocycles. The molecule has 1 N–H and O–H groups in total. The van der Waals surface area contributed by atoms with Gasteiger partial charge in [0.25, 0.3) is 0 Å². The van der Waals surface area contributed by atoms with Crippen molar-refractivity contribution in [3.63, 3.8) is 0 Å². The number of nitrogens with zero attached hydrogens (tertiary/aromatic N) is 1. The van der Waals surface area contributed by atoms with Gasteiger partial charge in [0.05, 0.1) is 13.0 Å². The smallest absolute Gasteiger partial charge is 0.241 e. The van der Waals surface area contributed by atoms with E-state index in [0.717, 1.165) is 25.1 Å². The minimum absolute atomic E-state index is 0.0259. The number of hydrogen-bond donors (Lipinski definition) is 1. The highest BCUT2D eigenvalue weighted by molar-refractivity contribution is 5.85. The summed E-state index contributed by atoms with van der Waals surface area (Å²) in [5.74, 6) is 0.486. The van der Waals surface area contributed by atoms with Crippen LogP contribution in [0.3, 0.4) is 0 Å². The third-order valence-electron chi connectivity index (χ3n) is 3.65. The molecule has 0 aliphatic carbocycles. The molecular weight excluding hydrogens is 252 g/mol. The zero-order valence-corrected chi connectivity index (χ0v) is 12.0. The van der Waals surface area contributed by atoms with Crippen LogP contribution in [0.1, 0.15) is 25.3 Å². The summed E-state index contributed by atoms with van der Waals surface area (Å²) >= 11 is 0. The minimum Gasteiger partial charge on any atom is -0.347 e. The zero-order chi connectivity index (χ0) is 14.4. The molecule has 0 radical (unpaired) electrons. The Balaban J connectivity index is 1.74. The molecule has 1 atom stereocenters. The molecule has 1 aromatic carbocycles. The summed E-state index contributed by atoms with van der Waals surface area (Å²) in [6.07, 6.45) is 2.57. The van der Waals surface area contributed by atoms with Crippen molar-refractivity contribution in [2.24, 2.45) is 5.92 Å². The van der Waals surface area contributed by atoms with E-state index in [1.54, 1.807) is 0 Å². The average Bonchev–Trinajstić information content (AvgIpc) is 2.46. The van der Waals surface area contributed by atoms with Gasteiger partial charge in [-0.3, -0.25) is 9.59 Å². The SMILES string of the molecule is C[C@@H]1CCCN(C(=O)CNC(=O)Cc2ccccc2)C1. The number of carbonyl (C=O) groups excluding carboxylic acids is 2. The van der Waals surface area contributed by atoms with Gasteiger partial charge in [0.2, 0.25) is 11.8 Å². The van der Waals surface area contributed by atoms with Gasteiger partial charge in [0, 0.05) is 13.1 Å². The molecule has 1 aliphatic rings. The van der Waals surface area contributed by atoms with Gasteiger partial charge in [-0.2, -0.15) is 0 Å². The van der Waals surface area contributed by atoms with Gasteiger partial charge in [-0.1, -0.05) is 37.3 Å². The fourth-order valence-corrected chi connectivity index (χ4v) is 2.55. The van der Waals surface area contributed by atoms with Crippen molar-refractivity contribution in [1.29, 1.82) is 0 Å². The lowest BCUT2D eigenvalue weighted by Gasteiger charge is -2.31. The van der Waals surface area contributed by atoms with Gasteiger partial charge in [0.1, 0.15) is 0 Å². The first-order valence-corrected chi connectivity index (χ1v) is 7.23. The van der Waals surface area contributed by atoms with E-state index in [1.807, 2.05) is 35.2 Å². The summed E-state index contributed by atoms with van der Waals surface area (Å²) in [5, 5.41) is 2.71. The Morgan fingerprint density at radius 2 is 2.05 bits per heavy atom. The number of amides is 2. The molecule has 108 valence electrons. The van der Waals surface area contributed by atoms with E-state index in [1.165, 1.54) is 6.42 Å². The number of hydrogen-bond acceptors (Lipinski definition) is 2. The van der Waals surface area contributed by atoms with Gasteiger partial charge in [-0.25, -0.2) is 0 Å². The van der Waals surface area contributed by atoms with Crippen molar-refractivity contribution in [2.75, 3.05) is 19.6 Å². The Labute approximate surface area is 120 Å². The highest BCUT2D eigenvalue weighted by Crippen LogP contribution is 2.15. The topological polar surface area (TPSA) is 49.4 Å². The lowest BCUT2D eigenvalue weighted by Crippen LogP contribution is -2.44. The summed E-state index contributed by atoms with van der Waals surface area (Å²) < 4.78 is 0. The van der Waals surface area contributed by atoms with E-state index >= 15 is 0 Å². The molecule has 1 saturated heterocycles. The van der Waals surface area contributed by atoms with Gasteiger partial charge >= 0.3 is 0 Å². The van der Waals surface area contributed by atoms with Crippen molar-refractivity contribution in [2.45, 2.75) is 26.2 Å². The van der Waals surface area contributed by atoms with E-state index in [4.69, 9.17) is 0 Å². The first-order chi connectivity index (χ1) is 9.65. The van der Waals surface area contributed by atoms with Crippen LogP contribution < -0.4 is 5.32 Å². The van der Waals surface area contributed by atoms with Crippen molar-refractivity contribution in [3.05, 3.63) is 35.9 Å². The second-order valence-corrected chi connectivity index (χ2v) is 5.53. The van der Waals surface area contributed by atoms with Gasteiger partial charge in [0.15, 0.2) is 0 Å². The van der Waals surface area contributed by atoms with Crippen LogP contribution in [-0.4, -0.2) is 36.3 Å². The predicted molar refractivity (Wildman–Crippen MR) is 78.1 cm³/mol. The fourth-order valence-electron chi connectivity index (χ4n) is 2.55. The molecule has 2 amide bonds. The predicted octanol–water partition coefficient (Wildman–Crippen LogP) is 1.60. The molecule has 4 nitrogen and oxygen atoms in total. The first kappa shape index (κ1) is 14.6. The summed E-state index contributed by atoms with van der Waals surface area (Å²) in [5.41, 5.74) is 0.962. The lowest BCUT2D eigenvalue weighted by molar-refractivity contribution is -0.134. The normalized spacial score (nSPS) is 18.6. The maximum Gasteiger partial charge on any atom is 0.241 e. The average molecular weight is 274 g/mol. The molecule has 0 aromatic heterocycles. The number of piperidine rings is 1. The Morgan fingerprint density at radius 3 is 2.75 bits per heavy atom. The Bertz CT molecular complexity index is 459. The zero-order valence-electron chi connectivity index (χ0n) is 12.0. The number of benzene rings is 1. The number of likely N-dealkylation sites (tertiary alicyclic amines) is 1. The molecule has 4 heteroatoms. The van der Waals surface area contributed by atoms with Crippen molar-refractivity contribution < 1.29 is 9.59 Å². The summed E-state index contributed by atoms with van der Waals surface area (Å²) in [6.45, 7) is 3.90. The van der Waals surface area contributed by atoms with Crippen molar-refractivity contribution in [3.8, 4) is 0 Å². The maximum atomic E-state index is 12.0. The maximum absolute atomic E-state index is 12.0. The number of nitrogens with one attached hydrogen (secondary N) is 1. The third-order valence-corrected chi connectivity index (χ3v) is 3.65. The van der Waals surface area contributed by atoms with E-state index in [0.29, 0.717) is 12.3 Å². The minimum atomic E-state index is -0.102. The van der Waals surface area contributed by atoms with E-state index < -0.39 is 0 Å². The molecular formula is C16H22N2O2. The standard InChI is InChI=1S/C16H22N2O2/c1-13-6-5-9-18(12-13)16(20)11-17-15(19)10-14-7-3-2-4-8-14/h2-4,7-8,13H,5-6,9-12H2,1H3,(H,17,19)/t13-/m1/s1. The van der Waals surface area contributed by atoms with Crippen LogP contribution in [0.2, 0.25) is 0 Å². The van der Waals surface area contributed by atoms with Crippen molar-refractivity contribution in [1.82, 2.24) is 10.2 Å². The summed E-state index contributed by atoms with van der Waals surface area (Å²) in [6, 6.07) is 9.55. The van der Waals surface area contributed by atoms with Crippen LogP contribution in [0.15, 0.2) is 30.3 Å².